The maximum absolute atomic E-state index is 6.13. The molecule has 0 aliphatic rings. The van der Waals surface area contributed by atoms with Crippen molar-refractivity contribution >= 4 is 10.9 Å². The molecule has 1 atom stereocenters. The van der Waals surface area contributed by atoms with Crippen LogP contribution in [0.25, 0.3) is 10.9 Å². The molecule has 0 fully saturated rings. The summed E-state index contributed by atoms with van der Waals surface area (Å²) in [5.74, 6) is 3.57. The summed E-state index contributed by atoms with van der Waals surface area (Å²) in [4.78, 5) is 7.07. The Hall–Kier alpha value is -3.41. The van der Waals surface area contributed by atoms with Crippen LogP contribution in [0.15, 0.2) is 85.1 Å². The molecule has 0 amide bonds. The fourth-order valence-electron chi connectivity index (χ4n) is 4.11. The summed E-state index contributed by atoms with van der Waals surface area (Å²) in [6, 6.07) is 27.8. The maximum atomic E-state index is 6.13. The number of fused-ring (bicyclic) bond motifs is 1. The first-order valence-electron chi connectivity index (χ1n) is 11.2. The van der Waals surface area contributed by atoms with Gasteiger partial charge in [-0.1, -0.05) is 86.5 Å². The van der Waals surface area contributed by atoms with E-state index in [9.17, 15) is 0 Å². The first-order valence-corrected chi connectivity index (χ1v) is 11.2. The zero-order valence-corrected chi connectivity index (χ0v) is 19.1. The summed E-state index contributed by atoms with van der Waals surface area (Å²) in [6.45, 7) is 8.08. The molecular weight excluding hydrogens is 388 g/mol. The summed E-state index contributed by atoms with van der Waals surface area (Å²) < 4.78 is 0. The average Bonchev–Trinajstić information content (AvgIpc) is 2.80. The molecule has 0 bridgehead atoms. The van der Waals surface area contributed by atoms with Crippen molar-refractivity contribution in [2.75, 3.05) is 0 Å². The van der Waals surface area contributed by atoms with Crippen LogP contribution < -0.4 is 0 Å². The lowest BCUT2D eigenvalue weighted by Gasteiger charge is -2.29. The Balaban J connectivity index is 1.68. The molecule has 0 aliphatic carbocycles. The third-order valence-corrected chi connectivity index (χ3v) is 5.96. The van der Waals surface area contributed by atoms with Crippen molar-refractivity contribution in [3.63, 3.8) is 0 Å². The van der Waals surface area contributed by atoms with Gasteiger partial charge < -0.3 is 0 Å². The molecular formula is C30H30N2. The van der Waals surface area contributed by atoms with Gasteiger partial charge >= 0.3 is 0 Å². The Bertz CT molecular complexity index is 1220. The van der Waals surface area contributed by atoms with Crippen molar-refractivity contribution in [1.29, 1.82) is 0 Å². The Morgan fingerprint density at radius 2 is 1.53 bits per heavy atom. The highest BCUT2D eigenvalue weighted by Crippen LogP contribution is 2.27. The van der Waals surface area contributed by atoms with Crippen LogP contribution in [0.2, 0.25) is 0 Å². The average molecular weight is 419 g/mol. The van der Waals surface area contributed by atoms with Gasteiger partial charge in [0.15, 0.2) is 0 Å². The molecule has 160 valence electrons. The van der Waals surface area contributed by atoms with Crippen molar-refractivity contribution in [3.05, 3.63) is 113 Å². The molecule has 1 aromatic heterocycles. The zero-order valence-electron chi connectivity index (χ0n) is 19.1. The molecule has 0 saturated carbocycles. The van der Waals surface area contributed by atoms with Crippen LogP contribution in [0.4, 0.5) is 0 Å². The van der Waals surface area contributed by atoms with Gasteiger partial charge in [-0.15, -0.1) is 6.42 Å². The first kappa shape index (κ1) is 21.8. The first-order chi connectivity index (χ1) is 15.5. The molecule has 0 aliphatic heterocycles. The van der Waals surface area contributed by atoms with E-state index < -0.39 is 0 Å². The number of rotatable bonds is 7. The fraction of sp³-hybridized carbons (Fsp3) is 0.233. The number of aryl methyl sites for hydroxylation is 1. The Morgan fingerprint density at radius 1 is 0.844 bits per heavy atom. The lowest BCUT2D eigenvalue weighted by atomic mass is 10.00. The quantitative estimate of drug-likeness (QED) is 0.299. The van der Waals surface area contributed by atoms with Crippen LogP contribution in [-0.2, 0) is 13.1 Å². The van der Waals surface area contributed by atoms with Crippen molar-refractivity contribution < 1.29 is 0 Å². The van der Waals surface area contributed by atoms with E-state index in [1.807, 2.05) is 12.3 Å². The summed E-state index contributed by atoms with van der Waals surface area (Å²) in [5.41, 5.74) is 7.13. The Labute approximate surface area is 191 Å². The zero-order chi connectivity index (χ0) is 22.5. The lowest BCUT2D eigenvalue weighted by Crippen LogP contribution is -2.27. The van der Waals surface area contributed by atoms with Gasteiger partial charge in [-0.2, -0.15) is 0 Å². The van der Waals surface area contributed by atoms with Gasteiger partial charge in [-0.05, 0) is 47.2 Å². The van der Waals surface area contributed by atoms with Crippen LogP contribution >= 0.6 is 0 Å². The predicted octanol–water partition coefficient (Wildman–Crippen LogP) is 7.04. The number of aromatic nitrogens is 1. The highest BCUT2D eigenvalue weighted by atomic mass is 15.1. The molecule has 1 unspecified atom stereocenters. The number of terminal acetylenes is 1. The van der Waals surface area contributed by atoms with E-state index in [0.717, 1.165) is 29.6 Å². The molecule has 0 saturated heterocycles. The number of pyridine rings is 1. The third-order valence-electron chi connectivity index (χ3n) is 5.96. The summed E-state index contributed by atoms with van der Waals surface area (Å²) in [6.07, 6.45) is 8.06. The molecule has 32 heavy (non-hydrogen) atoms. The van der Waals surface area contributed by atoms with Crippen LogP contribution in [0.5, 0.6) is 0 Å². The van der Waals surface area contributed by atoms with E-state index in [2.05, 4.69) is 104 Å². The van der Waals surface area contributed by atoms with E-state index in [-0.39, 0.29) is 6.04 Å². The molecule has 4 rings (SSSR count). The highest BCUT2D eigenvalue weighted by Gasteiger charge is 2.20. The van der Waals surface area contributed by atoms with E-state index >= 15 is 0 Å². The molecule has 0 spiro atoms. The van der Waals surface area contributed by atoms with Crippen LogP contribution in [0.1, 0.15) is 53.6 Å². The van der Waals surface area contributed by atoms with Crippen molar-refractivity contribution in [2.45, 2.75) is 45.8 Å². The number of benzene rings is 3. The number of hydrogen-bond acceptors (Lipinski definition) is 2. The topological polar surface area (TPSA) is 16.1 Å². The van der Waals surface area contributed by atoms with Crippen LogP contribution in [0.3, 0.4) is 0 Å². The predicted molar refractivity (Wildman–Crippen MR) is 134 cm³/mol. The van der Waals surface area contributed by atoms with Crippen molar-refractivity contribution in [2.24, 2.45) is 0 Å². The standard InChI is InChI=1S/C30H30N2/c1-5-30(28-18-27-14-11-23(4)17-29(27)31-19-28)32(20-24-9-7-6-8-10-24)21-25-12-15-26(16-13-25)22(2)3/h1,6-19,22,30H,20-21H2,2-4H3. The second-order valence-electron chi connectivity index (χ2n) is 8.82. The van der Waals surface area contributed by atoms with Gasteiger partial charge in [0.1, 0.15) is 0 Å². The molecule has 2 nitrogen and oxygen atoms in total. The van der Waals surface area contributed by atoms with E-state index in [1.165, 1.54) is 22.3 Å². The second kappa shape index (κ2) is 9.81. The van der Waals surface area contributed by atoms with Crippen LogP contribution in [-0.4, -0.2) is 9.88 Å². The summed E-state index contributed by atoms with van der Waals surface area (Å²) in [5, 5.41) is 1.12. The molecule has 1 heterocycles. The van der Waals surface area contributed by atoms with Crippen molar-refractivity contribution in [3.8, 4) is 12.3 Å². The SMILES string of the molecule is C#CC(c1cnc2cc(C)ccc2c1)N(Cc1ccccc1)Cc1ccc(C(C)C)cc1. The minimum absolute atomic E-state index is 0.168. The molecule has 4 aromatic rings. The monoisotopic (exact) mass is 418 g/mol. The minimum atomic E-state index is -0.168. The Morgan fingerprint density at radius 3 is 2.19 bits per heavy atom. The van der Waals surface area contributed by atoms with Crippen molar-refractivity contribution in [1.82, 2.24) is 9.88 Å². The largest absolute Gasteiger partial charge is 0.277 e. The molecule has 3 aromatic carbocycles. The Kier molecular flexibility index (Phi) is 6.69. The van der Waals surface area contributed by atoms with Gasteiger partial charge in [-0.3, -0.25) is 9.88 Å². The summed E-state index contributed by atoms with van der Waals surface area (Å²) in [7, 11) is 0. The maximum Gasteiger partial charge on any atom is 0.0989 e. The molecule has 0 radical (unpaired) electrons. The van der Waals surface area contributed by atoms with Gasteiger partial charge in [0.25, 0.3) is 0 Å². The third kappa shape index (κ3) is 5.07. The van der Waals surface area contributed by atoms with Gasteiger partial charge in [-0.25, -0.2) is 0 Å². The normalized spacial score (nSPS) is 12.2. The molecule has 0 N–H and O–H groups in total. The second-order valence-corrected chi connectivity index (χ2v) is 8.82. The summed E-state index contributed by atoms with van der Waals surface area (Å²) >= 11 is 0. The molecule has 2 heteroatoms. The fourth-order valence-corrected chi connectivity index (χ4v) is 4.11. The van der Waals surface area contributed by atoms with Crippen LogP contribution in [0, 0.1) is 19.3 Å². The number of nitrogens with zero attached hydrogens (tertiary/aromatic N) is 2. The van der Waals surface area contributed by atoms with E-state index in [0.29, 0.717) is 5.92 Å². The highest BCUT2D eigenvalue weighted by molar-refractivity contribution is 5.79. The number of hydrogen-bond donors (Lipinski definition) is 0. The van der Waals surface area contributed by atoms with Gasteiger partial charge in [0, 0.05) is 30.2 Å². The minimum Gasteiger partial charge on any atom is -0.277 e. The lowest BCUT2D eigenvalue weighted by molar-refractivity contribution is 0.219. The van der Waals surface area contributed by atoms with E-state index in [4.69, 9.17) is 11.4 Å². The van der Waals surface area contributed by atoms with Gasteiger partial charge in [0.05, 0.1) is 11.6 Å². The smallest absolute Gasteiger partial charge is 0.0989 e. The van der Waals surface area contributed by atoms with Gasteiger partial charge in [0.2, 0.25) is 0 Å². The van der Waals surface area contributed by atoms with E-state index in [1.54, 1.807) is 0 Å².